The lowest BCUT2D eigenvalue weighted by Gasteiger charge is -2.14. The van der Waals surface area contributed by atoms with Crippen LogP contribution in [0.3, 0.4) is 0 Å². The van der Waals surface area contributed by atoms with Crippen LogP contribution >= 0.6 is 0 Å². The Hall–Kier alpha value is -1.76. The number of alkyl halides is 3. The van der Waals surface area contributed by atoms with E-state index in [0.29, 0.717) is 0 Å². The average Bonchev–Trinajstić information content (AvgIpc) is 2.26. The van der Waals surface area contributed by atoms with E-state index in [1.807, 2.05) is 0 Å². The Labute approximate surface area is 114 Å². The summed E-state index contributed by atoms with van der Waals surface area (Å²) in [6, 6.07) is 4.96. The lowest BCUT2D eigenvalue weighted by molar-refractivity contribution is -0.274. The molecule has 2 N–H and O–H groups in total. The van der Waals surface area contributed by atoms with Gasteiger partial charge in [0.25, 0.3) is 0 Å². The lowest BCUT2D eigenvalue weighted by Crippen LogP contribution is -2.23. The minimum atomic E-state index is -4.78. The number of benzene rings is 1. The Bertz CT molecular complexity index is 460. The van der Waals surface area contributed by atoms with Crippen LogP contribution in [0.2, 0.25) is 0 Å². The van der Waals surface area contributed by atoms with Gasteiger partial charge in [-0.3, -0.25) is 4.79 Å². The highest BCUT2D eigenvalue weighted by Crippen LogP contribution is 2.25. The van der Waals surface area contributed by atoms with Gasteiger partial charge in [0.15, 0.2) is 0 Å². The average molecular weight is 291 g/mol. The third kappa shape index (κ3) is 5.92. The molecule has 112 valence electrons. The topological polar surface area (TPSA) is 58.6 Å². The summed E-state index contributed by atoms with van der Waals surface area (Å²) in [5, 5.41) is 12.0. The molecule has 1 rings (SSSR count). The normalized spacial score (nSPS) is 13.2. The Kier molecular flexibility index (Phi) is 5.38. The fourth-order valence-electron chi connectivity index (χ4n) is 1.41. The van der Waals surface area contributed by atoms with Gasteiger partial charge in [-0.05, 0) is 18.1 Å². The molecule has 0 heterocycles. The fraction of sp³-hybridized carbons (Fsp3) is 0.462. The van der Waals surface area contributed by atoms with E-state index < -0.39 is 24.1 Å². The van der Waals surface area contributed by atoms with Gasteiger partial charge in [-0.15, -0.1) is 13.2 Å². The van der Waals surface area contributed by atoms with Gasteiger partial charge in [-0.25, -0.2) is 0 Å². The molecule has 0 saturated heterocycles. The molecule has 0 aliphatic carbocycles. The molecule has 1 unspecified atom stereocenters. The monoisotopic (exact) mass is 291 g/mol. The second-order valence-corrected chi connectivity index (χ2v) is 4.64. The van der Waals surface area contributed by atoms with Crippen molar-refractivity contribution in [2.45, 2.75) is 32.7 Å². The third-order valence-electron chi connectivity index (χ3n) is 2.52. The van der Waals surface area contributed by atoms with Crippen molar-refractivity contribution in [3.63, 3.8) is 0 Å². The molecule has 4 nitrogen and oxygen atoms in total. The van der Waals surface area contributed by atoms with E-state index >= 15 is 0 Å². The van der Waals surface area contributed by atoms with Crippen molar-refractivity contribution in [2.75, 3.05) is 5.32 Å². The molecule has 0 saturated carbocycles. The number of aliphatic hydroxyl groups is 1. The summed E-state index contributed by atoms with van der Waals surface area (Å²) in [6.07, 6.45) is -5.71. The van der Waals surface area contributed by atoms with Crippen LogP contribution < -0.4 is 10.1 Å². The van der Waals surface area contributed by atoms with Crippen molar-refractivity contribution in [3.05, 3.63) is 24.3 Å². The second kappa shape index (κ2) is 6.60. The number of hydrogen-bond acceptors (Lipinski definition) is 3. The van der Waals surface area contributed by atoms with Gasteiger partial charge < -0.3 is 15.2 Å². The van der Waals surface area contributed by atoms with Crippen LogP contribution in [-0.4, -0.2) is 23.5 Å². The molecule has 0 spiro atoms. The molecule has 0 fully saturated rings. The van der Waals surface area contributed by atoms with Gasteiger partial charge in [0.1, 0.15) is 5.75 Å². The molecule has 20 heavy (non-hydrogen) atoms. The van der Waals surface area contributed by atoms with Crippen LogP contribution in [0.4, 0.5) is 18.9 Å². The quantitative estimate of drug-likeness (QED) is 0.877. The lowest BCUT2D eigenvalue weighted by atomic mass is 10.0. The van der Waals surface area contributed by atoms with E-state index in [1.54, 1.807) is 13.8 Å². The zero-order valence-corrected chi connectivity index (χ0v) is 11.1. The van der Waals surface area contributed by atoms with Gasteiger partial charge in [-0.1, -0.05) is 19.9 Å². The summed E-state index contributed by atoms with van der Waals surface area (Å²) in [5.41, 5.74) is 0.174. The van der Waals surface area contributed by atoms with Crippen LogP contribution in [0.5, 0.6) is 5.75 Å². The SMILES string of the molecule is CC(C)C(O)CC(=O)Nc1cccc(OC(F)(F)F)c1. The zero-order chi connectivity index (χ0) is 15.3. The minimum absolute atomic E-state index is 0.0827. The Morgan fingerprint density at radius 3 is 2.60 bits per heavy atom. The largest absolute Gasteiger partial charge is 0.573 e. The minimum Gasteiger partial charge on any atom is -0.406 e. The van der Waals surface area contributed by atoms with E-state index in [4.69, 9.17) is 0 Å². The number of amides is 1. The number of aliphatic hydroxyl groups excluding tert-OH is 1. The number of hydrogen-bond donors (Lipinski definition) is 2. The van der Waals surface area contributed by atoms with Gasteiger partial charge in [0, 0.05) is 11.8 Å². The highest BCUT2D eigenvalue weighted by atomic mass is 19.4. The summed E-state index contributed by atoms with van der Waals surface area (Å²) >= 11 is 0. The Balaban J connectivity index is 2.64. The number of halogens is 3. The van der Waals surface area contributed by atoms with Crippen molar-refractivity contribution >= 4 is 11.6 Å². The number of carbonyl (C=O) groups is 1. The van der Waals surface area contributed by atoms with E-state index in [0.717, 1.165) is 12.1 Å². The van der Waals surface area contributed by atoms with Gasteiger partial charge in [0.2, 0.25) is 5.91 Å². The first-order chi connectivity index (χ1) is 9.17. The maximum absolute atomic E-state index is 12.1. The van der Waals surface area contributed by atoms with Gasteiger partial charge in [0.05, 0.1) is 12.5 Å². The predicted octanol–water partition coefficient (Wildman–Crippen LogP) is 2.93. The summed E-state index contributed by atoms with van der Waals surface area (Å²) in [6.45, 7) is 3.52. The predicted molar refractivity (Wildman–Crippen MR) is 67.2 cm³/mol. The third-order valence-corrected chi connectivity index (χ3v) is 2.52. The summed E-state index contributed by atoms with van der Waals surface area (Å²) < 4.78 is 39.9. The molecule has 1 aromatic carbocycles. The molecule has 1 aromatic rings. The van der Waals surface area contributed by atoms with E-state index in [2.05, 4.69) is 10.1 Å². The first kappa shape index (κ1) is 16.3. The fourth-order valence-corrected chi connectivity index (χ4v) is 1.41. The Morgan fingerprint density at radius 1 is 1.40 bits per heavy atom. The number of ether oxygens (including phenoxy) is 1. The maximum atomic E-state index is 12.1. The molecular weight excluding hydrogens is 275 g/mol. The zero-order valence-electron chi connectivity index (χ0n) is 11.1. The first-order valence-corrected chi connectivity index (χ1v) is 6.01. The molecule has 7 heteroatoms. The molecule has 0 aliphatic rings. The second-order valence-electron chi connectivity index (χ2n) is 4.64. The van der Waals surface area contributed by atoms with Crippen LogP contribution in [0, 0.1) is 5.92 Å². The molecule has 0 aromatic heterocycles. The van der Waals surface area contributed by atoms with Crippen LogP contribution in [0.1, 0.15) is 20.3 Å². The molecule has 1 atom stereocenters. The summed E-state index contributed by atoms with van der Waals surface area (Å²) in [7, 11) is 0. The summed E-state index contributed by atoms with van der Waals surface area (Å²) in [4.78, 5) is 11.6. The molecule has 0 radical (unpaired) electrons. The standard InChI is InChI=1S/C13H16F3NO3/c1-8(2)11(18)7-12(19)17-9-4-3-5-10(6-9)20-13(14,15)16/h3-6,8,11,18H,7H2,1-2H3,(H,17,19). The highest BCUT2D eigenvalue weighted by Gasteiger charge is 2.31. The maximum Gasteiger partial charge on any atom is 0.573 e. The van der Waals surface area contributed by atoms with Gasteiger partial charge >= 0.3 is 6.36 Å². The molecule has 1 amide bonds. The smallest absolute Gasteiger partial charge is 0.406 e. The van der Waals surface area contributed by atoms with Crippen LogP contribution in [0.25, 0.3) is 0 Å². The van der Waals surface area contributed by atoms with E-state index in [1.165, 1.54) is 12.1 Å². The Morgan fingerprint density at radius 2 is 2.05 bits per heavy atom. The number of rotatable bonds is 5. The first-order valence-electron chi connectivity index (χ1n) is 6.01. The van der Waals surface area contributed by atoms with Crippen LogP contribution in [-0.2, 0) is 4.79 Å². The highest BCUT2D eigenvalue weighted by molar-refractivity contribution is 5.91. The van der Waals surface area contributed by atoms with Crippen molar-refractivity contribution in [1.29, 1.82) is 0 Å². The number of anilines is 1. The van der Waals surface area contributed by atoms with E-state index in [-0.39, 0.29) is 18.0 Å². The van der Waals surface area contributed by atoms with Crippen molar-refractivity contribution in [1.82, 2.24) is 0 Å². The molecule has 0 bridgehead atoms. The van der Waals surface area contributed by atoms with Crippen molar-refractivity contribution in [3.8, 4) is 5.75 Å². The molecule has 0 aliphatic heterocycles. The van der Waals surface area contributed by atoms with Crippen molar-refractivity contribution < 1.29 is 27.8 Å². The number of nitrogens with one attached hydrogen (secondary N) is 1. The van der Waals surface area contributed by atoms with E-state index in [9.17, 15) is 23.1 Å². The van der Waals surface area contributed by atoms with Crippen LogP contribution in [0.15, 0.2) is 24.3 Å². The summed E-state index contributed by atoms with van der Waals surface area (Å²) in [5.74, 6) is -0.976. The van der Waals surface area contributed by atoms with Gasteiger partial charge in [-0.2, -0.15) is 0 Å². The van der Waals surface area contributed by atoms with Crippen molar-refractivity contribution in [2.24, 2.45) is 5.92 Å². The number of carbonyl (C=O) groups excluding carboxylic acids is 1. The molecular formula is C13H16F3NO3.